The topological polar surface area (TPSA) is 80.9 Å². The molecule has 0 aliphatic rings. The lowest BCUT2D eigenvalue weighted by Gasteiger charge is -2.13. The van der Waals surface area contributed by atoms with Gasteiger partial charge in [-0.05, 0) is 38.1 Å². The molecule has 30 heavy (non-hydrogen) atoms. The Morgan fingerprint density at radius 2 is 1.83 bits per heavy atom. The van der Waals surface area contributed by atoms with Gasteiger partial charge in [0.15, 0.2) is 17.5 Å². The second kappa shape index (κ2) is 10.3. The SMILES string of the molecule is CCNC(=NCCc1coc(-c2ccc(C)cc2)n1)Nc1ccc(OC)c(OC)c1. The molecular formula is C23H28N4O3. The van der Waals surface area contributed by atoms with Gasteiger partial charge in [0.2, 0.25) is 5.89 Å². The zero-order valence-electron chi connectivity index (χ0n) is 17.9. The summed E-state index contributed by atoms with van der Waals surface area (Å²) < 4.78 is 16.3. The number of nitrogens with one attached hydrogen (secondary N) is 2. The number of aryl methyl sites for hydroxylation is 1. The van der Waals surface area contributed by atoms with E-state index in [2.05, 4.69) is 27.5 Å². The van der Waals surface area contributed by atoms with Crippen molar-refractivity contribution in [2.24, 2.45) is 4.99 Å². The minimum atomic E-state index is 0.572. The molecule has 7 heteroatoms. The Balaban J connectivity index is 1.63. The molecule has 0 spiro atoms. The van der Waals surface area contributed by atoms with Gasteiger partial charge >= 0.3 is 0 Å². The van der Waals surface area contributed by atoms with Crippen molar-refractivity contribution in [3.05, 3.63) is 60.0 Å². The Kier molecular flexibility index (Phi) is 7.32. The highest BCUT2D eigenvalue weighted by atomic mass is 16.5. The average molecular weight is 409 g/mol. The second-order valence-electron chi connectivity index (χ2n) is 6.72. The van der Waals surface area contributed by atoms with Crippen LogP contribution in [0.15, 0.2) is 58.1 Å². The number of rotatable bonds is 8. The molecule has 0 fully saturated rings. The summed E-state index contributed by atoms with van der Waals surface area (Å²) in [5.41, 5.74) is 3.91. The van der Waals surface area contributed by atoms with Gasteiger partial charge in [-0.1, -0.05) is 17.7 Å². The van der Waals surface area contributed by atoms with Gasteiger partial charge in [-0.25, -0.2) is 4.98 Å². The smallest absolute Gasteiger partial charge is 0.226 e. The summed E-state index contributed by atoms with van der Waals surface area (Å²) in [6.07, 6.45) is 2.37. The fourth-order valence-corrected chi connectivity index (χ4v) is 2.89. The number of ether oxygens (including phenoxy) is 2. The molecule has 0 unspecified atom stereocenters. The van der Waals surface area contributed by atoms with Gasteiger partial charge in [0.1, 0.15) is 6.26 Å². The number of guanidine groups is 1. The minimum absolute atomic E-state index is 0.572. The van der Waals surface area contributed by atoms with E-state index in [1.165, 1.54) is 5.56 Å². The number of aliphatic imine (C=N–C) groups is 1. The summed E-state index contributed by atoms with van der Waals surface area (Å²) in [4.78, 5) is 9.21. The first-order valence-electron chi connectivity index (χ1n) is 9.91. The maximum absolute atomic E-state index is 5.62. The van der Waals surface area contributed by atoms with Gasteiger partial charge in [-0.3, -0.25) is 4.99 Å². The normalized spacial score (nSPS) is 11.3. The lowest BCUT2D eigenvalue weighted by Crippen LogP contribution is -2.30. The zero-order valence-corrected chi connectivity index (χ0v) is 17.9. The number of benzene rings is 2. The summed E-state index contributed by atoms with van der Waals surface area (Å²) in [7, 11) is 3.23. The van der Waals surface area contributed by atoms with Crippen LogP contribution in [0.2, 0.25) is 0 Å². The van der Waals surface area contributed by atoms with E-state index in [1.54, 1.807) is 20.5 Å². The minimum Gasteiger partial charge on any atom is -0.493 e. The molecule has 0 atom stereocenters. The van der Waals surface area contributed by atoms with Crippen LogP contribution >= 0.6 is 0 Å². The molecule has 2 aromatic carbocycles. The lowest BCUT2D eigenvalue weighted by atomic mass is 10.1. The Morgan fingerprint density at radius 3 is 2.53 bits per heavy atom. The van der Waals surface area contributed by atoms with Gasteiger partial charge in [0, 0.05) is 36.8 Å². The molecule has 3 aromatic rings. The number of nitrogens with zero attached hydrogens (tertiary/aromatic N) is 2. The summed E-state index contributed by atoms with van der Waals surface area (Å²) in [6, 6.07) is 13.8. The predicted octanol–water partition coefficient (Wildman–Crippen LogP) is 4.29. The Bertz CT molecular complexity index is 980. The third kappa shape index (κ3) is 5.53. The Morgan fingerprint density at radius 1 is 1.07 bits per heavy atom. The third-order valence-electron chi connectivity index (χ3n) is 4.48. The van der Waals surface area contributed by atoms with Crippen LogP contribution in [0, 0.1) is 6.92 Å². The molecule has 1 heterocycles. The van der Waals surface area contributed by atoms with Crippen LogP contribution in [0.3, 0.4) is 0 Å². The van der Waals surface area contributed by atoms with Gasteiger partial charge < -0.3 is 24.5 Å². The van der Waals surface area contributed by atoms with Crippen molar-refractivity contribution in [3.63, 3.8) is 0 Å². The number of aromatic nitrogens is 1. The summed E-state index contributed by atoms with van der Waals surface area (Å²) in [5, 5.41) is 6.53. The number of hydrogen-bond acceptors (Lipinski definition) is 5. The number of methoxy groups -OCH3 is 2. The highest BCUT2D eigenvalue weighted by Crippen LogP contribution is 2.29. The Labute approximate surface area is 177 Å². The van der Waals surface area contributed by atoms with Crippen LogP contribution in [0.25, 0.3) is 11.5 Å². The molecule has 1 aromatic heterocycles. The highest BCUT2D eigenvalue weighted by molar-refractivity contribution is 5.93. The van der Waals surface area contributed by atoms with E-state index >= 15 is 0 Å². The highest BCUT2D eigenvalue weighted by Gasteiger charge is 2.08. The van der Waals surface area contributed by atoms with Crippen molar-refractivity contribution < 1.29 is 13.9 Å². The van der Waals surface area contributed by atoms with Crippen LogP contribution in [0.5, 0.6) is 11.5 Å². The van der Waals surface area contributed by atoms with E-state index < -0.39 is 0 Å². The molecule has 0 aliphatic carbocycles. The van der Waals surface area contributed by atoms with Crippen molar-refractivity contribution >= 4 is 11.6 Å². The number of oxazole rings is 1. The van der Waals surface area contributed by atoms with Crippen molar-refractivity contribution in [1.82, 2.24) is 10.3 Å². The molecule has 158 valence electrons. The fraction of sp³-hybridized carbons (Fsp3) is 0.304. The van der Waals surface area contributed by atoms with Gasteiger partial charge in [0.05, 0.1) is 19.9 Å². The zero-order chi connectivity index (χ0) is 21.3. The van der Waals surface area contributed by atoms with Crippen LogP contribution in [0.4, 0.5) is 5.69 Å². The molecule has 3 rings (SSSR count). The molecule has 2 N–H and O–H groups in total. The summed E-state index contributed by atoms with van der Waals surface area (Å²) in [5.74, 6) is 2.65. The molecular weight excluding hydrogens is 380 g/mol. The quantitative estimate of drug-likeness (QED) is 0.428. The molecule has 0 saturated carbocycles. The molecule has 7 nitrogen and oxygen atoms in total. The van der Waals surface area contributed by atoms with E-state index in [4.69, 9.17) is 13.9 Å². The first-order chi connectivity index (χ1) is 14.6. The van der Waals surface area contributed by atoms with Gasteiger partial charge in [0.25, 0.3) is 0 Å². The van der Waals surface area contributed by atoms with Crippen molar-refractivity contribution in [2.45, 2.75) is 20.3 Å². The monoisotopic (exact) mass is 408 g/mol. The van der Waals surface area contributed by atoms with E-state index in [9.17, 15) is 0 Å². The standard InChI is InChI=1S/C23H28N4O3/c1-5-24-23(27-18-10-11-20(28-3)21(14-18)29-4)25-13-12-19-15-30-22(26-19)17-8-6-16(2)7-9-17/h6-11,14-15H,5,12-13H2,1-4H3,(H2,24,25,27). The molecule has 0 aliphatic heterocycles. The van der Waals surface area contributed by atoms with E-state index in [-0.39, 0.29) is 0 Å². The van der Waals surface area contributed by atoms with Crippen LogP contribution in [0.1, 0.15) is 18.2 Å². The van der Waals surface area contributed by atoms with Crippen LogP contribution < -0.4 is 20.1 Å². The first kappa shape index (κ1) is 21.2. The summed E-state index contributed by atoms with van der Waals surface area (Å²) in [6.45, 7) is 5.40. The van der Waals surface area contributed by atoms with E-state index in [1.807, 2.05) is 49.4 Å². The molecule has 0 bridgehead atoms. The van der Waals surface area contributed by atoms with Crippen molar-refractivity contribution in [1.29, 1.82) is 0 Å². The fourth-order valence-electron chi connectivity index (χ4n) is 2.89. The van der Waals surface area contributed by atoms with E-state index in [0.29, 0.717) is 36.3 Å². The van der Waals surface area contributed by atoms with Crippen molar-refractivity contribution in [3.8, 4) is 23.0 Å². The maximum Gasteiger partial charge on any atom is 0.226 e. The van der Waals surface area contributed by atoms with Crippen molar-refractivity contribution in [2.75, 3.05) is 32.6 Å². The number of anilines is 1. The lowest BCUT2D eigenvalue weighted by molar-refractivity contribution is 0.355. The van der Waals surface area contributed by atoms with Gasteiger partial charge in [-0.2, -0.15) is 0 Å². The third-order valence-corrected chi connectivity index (χ3v) is 4.48. The van der Waals surface area contributed by atoms with Crippen LogP contribution in [-0.4, -0.2) is 38.3 Å². The second-order valence-corrected chi connectivity index (χ2v) is 6.72. The number of hydrogen-bond donors (Lipinski definition) is 2. The van der Waals surface area contributed by atoms with Crippen LogP contribution in [-0.2, 0) is 6.42 Å². The Hall–Kier alpha value is -3.48. The van der Waals surface area contributed by atoms with E-state index in [0.717, 1.165) is 23.5 Å². The summed E-state index contributed by atoms with van der Waals surface area (Å²) >= 11 is 0. The first-order valence-corrected chi connectivity index (χ1v) is 9.91. The predicted molar refractivity (Wildman–Crippen MR) is 120 cm³/mol. The largest absolute Gasteiger partial charge is 0.493 e. The average Bonchev–Trinajstić information content (AvgIpc) is 3.23. The maximum atomic E-state index is 5.62. The van der Waals surface area contributed by atoms with Gasteiger partial charge in [-0.15, -0.1) is 0 Å². The molecule has 0 amide bonds. The molecule has 0 saturated heterocycles. The molecule has 0 radical (unpaired) electrons.